The minimum atomic E-state index is -0.661. The molecule has 1 aliphatic rings. The van der Waals surface area contributed by atoms with Gasteiger partial charge in [0.2, 0.25) is 0 Å². The Hall–Kier alpha value is -4.13. The van der Waals surface area contributed by atoms with E-state index in [4.69, 9.17) is 4.74 Å². The zero-order valence-electron chi connectivity index (χ0n) is 16.7. The second kappa shape index (κ2) is 9.58. The standard InChI is InChI=1S/C21H20FN5O4/c1-31-20-12-16(27(29)30)6-7-18(20)24-21(28)15(13-23)14-25-8-10-26(11-9-25)19-5-3-2-4-17(19)22/h2-7,12,14H,8-11H2,1H3,(H,24,28)/b15-14-. The molecule has 1 saturated heterocycles. The van der Waals surface area contributed by atoms with Gasteiger partial charge in [0.25, 0.3) is 11.6 Å². The van der Waals surface area contributed by atoms with Crippen LogP contribution in [0, 0.1) is 27.3 Å². The Morgan fingerprint density at radius 1 is 1.26 bits per heavy atom. The first-order valence-electron chi connectivity index (χ1n) is 9.42. The molecule has 0 bridgehead atoms. The Morgan fingerprint density at radius 2 is 1.97 bits per heavy atom. The molecule has 0 atom stereocenters. The van der Waals surface area contributed by atoms with Crippen LogP contribution in [-0.4, -0.2) is 49.0 Å². The molecule has 1 amide bonds. The molecule has 0 aliphatic carbocycles. The van der Waals surface area contributed by atoms with Crippen molar-refractivity contribution in [3.8, 4) is 11.8 Å². The van der Waals surface area contributed by atoms with Crippen molar-refractivity contribution in [2.45, 2.75) is 0 Å². The van der Waals surface area contributed by atoms with Gasteiger partial charge in [-0.3, -0.25) is 14.9 Å². The molecule has 0 aromatic heterocycles. The van der Waals surface area contributed by atoms with Crippen LogP contribution in [0.1, 0.15) is 0 Å². The molecule has 0 spiro atoms. The predicted molar refractivity (Wildman–Crippen MR) is 112 cm³/mol. The first-order chi connectivity index (χ1) is 14.9. The van der Waals surface area contributed by atoms with E-state index in [1.165, 1.54) is 37.6 Å². The molecule has 0 radical (unpaired) electrons. The zero-order valence-corrected chi connectivity index (χ0v) is 16.7. The number of halogens is 1. The molecule has 1 heterocycles. The number of carbonyl (C=O) groups is 1. The molecule has 0 unspecified atom stereocenters. The van der Waals surface area contributed by atoms with E-state index in [1.54, 1.807) is 18.2 Å². The lowest BCUT2D eigenvalue weighted by atomic mass is 10.2. The number of piperazine rings is 1. The second-order valence-corrected chi connectivity index (χ2v) is 6.72. The third kappa shape index (κ3) is 5.08. The van der Waals surface area contributed by atoms with Crippen molar-refractivity contribution < 1.29 is 18.8 Å². The van der Waals surface area contributed by atoms with Gasteiger partial charge in [0.05, 0.1) is 29.5 Å². The molecule has 1 aliphatic heterocycles. The molecule has 31 heavy (non-hydrogen) atoms. The number of nitriles is 1. The van der Waals surface area contributed by atoms with Crippen molar-refractivity contribution >= 4 is 23.0 Å². The summed E-state index contributed by atoms with van der Waals surface area (Å²) < 4.78 is 19.1. The van der Waals surface area contributed by atoms with Gasteiger partial charge in [-0.25, -0.2) is 4.39 Å². The van der Waals surface area contributed by atoms with Crippen LogP contribution in [-0.2, 0) is 4.79 Å². The summed E-state index contributed by atoms with van der Waals surface area (Å²) in [6.07, 6.45) is 1.46. The Bertz CT molecular complexity index is 1060. The quantitative estimate of drug-likeness (QED) is 0.328. The van der Waals surface area contributed by atoms with E-state index in [1.807, 2.05) is 15.9 Å². The number of rotatable bonds is 6. The molecule has 1 fully saturated rings. The molecule has 160 valence electrons. The number of nitro benzene ring substituents is 1. The largest absolute Gasteiger partial charge is 0.494 e. The maximum Gasteiger partial charge on any atom is 0.273 e. The fourth-order valence-corrected chi connectivity index (χ4v) is 3.21. The number of nitrogens with one attached hydrogen (secondary N) is 1. The van der Waals surface area contributed by atoms with Crippen molar-refractivity contribution in [1.29, 1.82) is 5.26 Å². The summed E-state index contributed by atoms with van der Waals surface area (Å²) in [7, 11) is 1.32. The number of benzene rings is 2. The molecular weight excluding hydrogens is 405 g/mol. The summed E-state index contributed by atoms with van der Waals surface area (Å²) in [6, 6.07) is 12.2. The lowest BCUT2D eigenvalue weighted by Gasteiger charge is -2.35. The van der Waals surface area contributed by atoms with Crippen LogP contribution in [0.15, 0.2) is 54.2 Å². The van der Waals surface area contributed by atoms with Crippen molar-refractivity contribution in [2.75, 3.05) is 43.5 Å². The number of amides is 1. The van der Waals surface area contributed by atoms with E-state index >= 15 is 0 Å². The zero-order chi connectivity index (χ0) is 22.4. The van der Waals surface area contributed by atoms with Crippen molar-refractivity contribution in [3.05, 3.63) is 70.2 Å². The summed E-state index contributed by atoms with van der Waals surface area (Å²) in [5.41, 5.74) is 0.427. The lowest BCUT2D eigenvalue weighted by molar-refractivity contribution is -0.384. The molecule has 3 rings (SSSR count). The molecule has 10 heteroatoms. The molecule has 0 saturated carbocycles. The number of carbonyl (C=O) groups excluding carboxylic acids is 1. The topological polar surface area (TPSA) is 112 Å². The number of hydrogen-bond acceptors (Lipinski definition) is 7. The van der Waals surface area contributed by atoms with Crippen LogP contribution in [0.2, 0.25) is 0 Å². The summed E-state index contributed by atoms with van der Waals surface area (Å²) in [4.78, 5) is 26.6. The monoisotopic (exact) mass is 425 g/mol. The van der Waals surface area contributed by atoms with E-state index < -0.39 is 10.8 Å². The third-order valence-electron chi connectivity index (χ3n) is 4.83. The van der Waals surface area contributed by atoms with Gasteiger partial charge >= 0.3 is 0 Å². The summed E-state index contributed by atoms with van der Waals surface area (Å²) in [5.74, 6) is -0.842. The van der Waals surface area contributed by atoms with Gasteiger partial charge in [0.15, 0.2) is 0 Å². The minimum absolute atomic E-state index is 0.110. The third-order valence-corrected chi connectivity index (χ3v) is 4.83. The maximum absolute atomic E-state index is 14.0. The average Bonchev–Trinajstić information content (AvgIpc) is 2.78. The number of para-hydroxylation sites is 1. The van der Waals surface area contributed by atoms with E-state index in [0.717, 1.165) is 0 Å². The number of non-ortho nitro benzene ring substituents is 1. The van der Waals surface area contributed by atoms with Gasteiger partial charge in [0.1, 0.15) is 23.2 Å². The van der Waals surface area contributed by atoms with E-state index in [9.17, 15) is 24.6 Å². The van der Waals surface area contributed by atoms with E-state index in [-0.39, 0.29) is 28.5 Å². The van der Waals surface area contributed by atoms with Gasteiger partial charge in [-0.1, -0.05) is 12.1 Å². The fraction of sp³-hybridized carbons (Fsp3) is 0.238. The molecule has 2 aromatic rings. The SMILES string of the molecule is COc1cc([N+](=O)[O-])ccc1NC(=O)/C(C#N)=C\N1CCN(c2ccccc2F)CC1. The Labute approximate surface area is 178 Å². The number of nitro groups is 1. The Morgan fingerprint density at radius 3 is 2.58 bits per heavy atom. The van der Waals surface area contributed by atoms with Gasteiger partial charge in [0, 0.05) is 38.4 Å². The number of nitrogens with zero attached hydrogens (tertiary/aromatic N) is 4. The van der Waals surface area contributed by atoms with Gasteiger partial charge in [-0.05, 0) is 18.2 Å². The van der Waals surface area contributed by atoms with E-state index in [0.29, 0.717) is 31.9 Å². The van der Waals surface area contributed by atoms with Crippen molar-refractivity contribution in [1.82, 2.24) is 4.90 Å². The highest BCUT2D eigenvalue weighted by molar-refractivity contribution is 6.07. The highest BCUT2D eigenvalue weighted by Gasteiger charge is 2.20. The maximum atomic E-state index is 14.0. The van der Waals surface area contributed by atoms with Crippen LogP contribution < -0.4 is 15.0 Å². The summed E-state index contributed by atoms with van der Waals surface area (Å²) >= 11 is 0. The predicted octanol–water partition coefficient (Wildman–Crippen LogP) is 2.91. The van der Waals surface area contributed by atoms with Crippen LogP contribution in [0.5, 0.6) is 5.75 Å². The van der Waals surface area contributed by atoms with Crippen LogP contribution in [0.25, 0.3) is 0 Å². The molecule has 9 nitrogen and oxygen atoms in total. The van der Waals surface area contributed by atoms with Crippen LogP contribution >= 0.6 is 0 Å². The Kier molecular flexibility index (Phi) is 6.67. The minimum Gasteiger partial charge on any atom is -0.494 e. The van der Waals surface area contributed by atoms with E-state index in [2.05, 4.69) is 5.32 Å². The number of methoxy groups -OCH3 is 1. The highest BCUT2D eigenvalue weighted by Crippen LogP contribution is 2.29. The normalized spacial score (nSPS) is 14.0. The lowest BCUT2D eigenvalue weighted by Crippen LogP contribution is -2.44. The summed E-state index contributed by atoms with van der Waals surface area (Å²) in [6.45, 7) is 2.09. The number of ether oxygens (including phenoxy) is 1. The Balaban J connectivity index is 1.67. The first-order valence-corrected chi connectivity index (χ1v) is 9.42. The average molecular weight is 425 g/mol. The fourth-order valence-electron chi connectivity index (χ4n) is 3.21. The first kappa shape index (κ1) is 21.6. The number of anilines is 2. The molecular formula is C21H20FN5O4. The highest BCUT2D eigenvalue weighted by atomic mass is 19.1. The van der Waals surface area contributed by atoms with Gasteiger partial charge in [-0.15, -0.1) is 0 Å². The number of hydrogen-bond donors (Lipinski definition) is 1. The van der Waals surface area contributed by atoms with Crippen molar-refractivity contribution in [2.24, 2.45) is 0 Å². The summed E-state index contributed by atoms with van der Waals surface area (Å²) in [5, 5.41) is 22.9. The van der Waals surface area contributed by atoms with Gasteiger partial charge in [-0.2, -0.15) is 5.26 Å². The molecule has 2 aromatic carbocycles. The van der Waals surface area contributed by atoms with Crippen molar-refractivity contribution in [3.63, 3.8) is 0 Å². The van der Waals surface area contributed by atoms with Gasteiger partial charge < -0.3 is 19.9 Å². The smallest absolute Gasteiger partial charge is 0.273 e. The van der Waals surface area contributed by atoms with Crippen LogP contribution in [0.3, 0.4) is 0 Å². The second-order valence-electron chi connectivity index (χ2n) is 6.72. The van der Waals surface area contributed by atoms with Crippen LogP contribution in [0.4, 0.5) is 21.5 Å². The molecule has 1 N–H and O–H groups in total.